The van der Waals surface area contributed by atoms with Gasteiger partial charge in [-0.1, -0.05) is 6.92 Å². The SMILES string of the molecule is CCn1cc(C(C)C=O)cn1. The molecule has 1 atom stereocenters. The first-order valence-electron chi connectivity index (χ1n) is 3.75. The van der Waals surface area contributed by atoms with Crippen LogP contribution in [0.15, 0.2) is 12.4 Å². The maximum Gasteiger partial charge on any atom is 0.127 e. The monoisotopic (exact) mass is 152 g/mol. The molecular formula is C8H12N2O. The van der Waals surface area contributed by atoms with E-state index in [4.69, 9.17) is 0 Å². The van der Waals surface area contributed by atoms with E-state index >= 15 is 0 Å². The van der Waals surface area contributed by atoms with Crippen molar-refractivity contribution in [3.05, 3.63) is 18.0 Å². The summed E-state index contributed by atoms with van der Waals surface area (Å²) in [5.74, 6) is -0.0321. The van der Waals surface area contributed by atoms with Crippen molar-refractivity contribution in [1.29, 1.82) is 0 Å². The van der Waals surface area contributed by atoms with Crippen molar-refractivity contribution < 1.29 is 4.79 Å². The van der Waals surface area contributed by atoms with Crippen LogP contribution >= 0.6 is 0 Å². The predicted molar refractivity (Wildman–Crippen MR) is 42.4 cm³/mol. The Morgan fingerprint density at radius 2 is 2.55 bits per heavy atom. The van der Waals surface area contributed by atoms with E-state index in [0.717, 1.165) is 18.4 Å². The molecule has 0 aliphatic rings. The van der Waals surface area contributed by atoms with E-state index < -0.39 is 0 Å². The van der Waals surface area contributed by atoms with E-state index in [9.17, 15) is 4.79 Å². The number of hydrogen-bond acceptors (Lipinski definition) is 2. The zero-order valence-corrected chi connectivity index (χ0v) is 6.82. The van der Waals surface area contributed by atoms with Crippen LogP contribution in [0.2, 0.25) is 0 Å². The van der Waals surface area contributed by atoms with Crippen molar-refractivity contribution in [2.45, 2.75) is 26.3 Å². The molecule has 3 nitrogen and oxygen atoms in total. The van der Waals surface area contributed by atoms with Crippen molar-refractivity contribution in [3.63, 3.8) is 0 Å². The van der Waals surface area contributed by atoms with Gasteiger partial charge in [0.2, 0.25) is 0 Å². The molecule has 60 valence electrons. The molecule has 3 heteroatoms. The molecule has 0 saturated carbocycles. The highest BCUT2D eigenvalue weighted by Gasteiger charge is 2.04. The minimum atomic E-state index is -0.0321. The highest BCUT2D eigenvalue weighted by atomic mass is 16.1. The van der Waals surface area contributed by atoms with Gasteiger partial charge in [0.1, 0.15) is 6.29 Å². The zero-order chi connectivity index (χ0) is 8.27. The summed E-state index contributed by atoms with van der Waals surface area (Å²) in [6, 6.07) is 0. The molecule has 0 aliphatic carbocycles. The number of rotatable bonds is 3. The Hall–Kier alpha value is -1.12. The fourth-order valence-corrected chi connectivity index (χ4v) is 0.866. The molecule has 0 saturated heterocycles. The summed E-state index contributed by atoms with van der Waals surface area (Å²) >= 11 is 0. The van der Waals surface area contributed by atoms with Gasteiger partial charge in [-0.3, -0.25) is 4.68 Å². The normalized spacial score (nSPS) is 12.9. The van der Waals surface area contributed by atoms with Gasteiger partial charge in [0.15, 0.2) is 0 Å². The molecule has 1 heterocycles. The Morgan fingerprint density at radius 3 is 3.00 bits per heavy atom. The lowest BCUT2D eigenvalue weighted by Gasteiger charge is -1.95. The Bertz CT molecular complexity index is 242. The number of aromatic nitrogens is 2. The van der Waals surface area contributed by atoms with Crippen LogP contribution in [0.25, 0.3) is 0 Å². The lowest BCUT2D eigenvalue weighted by Crippen LogP contribution is -1.94. The number of aldehydes is 1. The predicted octanol–water partition coefficient (Wildman–Crippen LogP) is 1.21. The number of nitrogens with zero attached hydrogens (tertiary/aromatic N) is 2. The third kappa shape index (κ3) is 1.67. The van der Waals surface area contributed by atoms with E-state index in [-0.39, 0.29) is 5.92 Å². The Labute approximate surface area is 66.0 Å². The molecule has 0 N–H and O–H groups in total. The molecule has 1 rings (SSSR count). The van der Waals surface area contributed by atoms with Gasteiger partial charge in [-0.2, -0.15) is 5.10 Å². The van der Waals surface area contributed by atoms with E-state index in [1.807, 2.05) is 24.7 Å². The lowest BCUT2D eigenvalue weighted by molar-refractivity contribution is -0.108. The van der Waals surface area contributed by atoms with E-state index in [2.05, 4.69) is 5.10 Å². The van der Waals surface area contributed by atoms with Crippen LogP contribution in [0.3, 0.4) is 0 Å². The van der Waals surface area contributed by atoms with E-state index in [1.165, 1.54) is 0 Å². The molecule has 1 aromatic heterocycles. The first kappa shape index (κ1) is 7.98. The summed E-state index contributed by atoms with van der Waals surface area (Å²) in [4.78, 5) is 10.4. The fraction of sp³-hybridized carbons (Fsp3) is 0.500. The van der Waals surface area contributed by atoms with Gasteiger partial charge < -0.3 is 4.79 Å². The quantitative estimate of drug-likeness (QED) is 0.610. The van der Waals surface area contributed by atoms with Crippen LogP contribution in [-0.2, 0) is 11.3 Å². The fourth-order valence-electron chi connectivity index (χ4n) is 0.866. The summed E-state index contributed by atoms with van der Waals surface area (Å²) in [6.07, 6.45) is 4.57. The highest BCUT2D eigenvalue weighted by molar-refractivity contribution is 5.60. The second-order valence-corrected chi connectivity index (χ2v) is 2.55. The van der Waals surface area contributed by atoms with Crippen molar-refractivity contribution >= 4 is 6.29 Å². The summed E-state index contributed by atoms with van der Waals surface area (Å²) in [5, 5.41) is 4.06. The van der Waals surface area contributed by atoms with Crippen LogP contribution in [0, 0.1) is 0 Å². The van der Waals surface area contributed by atoms with Crippen LogP contribution in [0.4, 0.5) is 0 Å². The molecule has 0 amide bonds. The average Bonchev–Trinajstić information content (AvgIpc) is 2.50. The van der Waals surface area contributed by atoms with Crippen molar-refractivity contribution in [1.82, 2.24) is 9.78 Å². The van der Waals surface area contributed by atoms with Gasteiger partial charge in [-0.25, -0.2) is 0 Å². The second-order valence-electron chi connectivity index (χ2n) is 2.55. The zero-order valence-electron chi connectivity index (χ0n) is 6.82. The minimum Gasteiger partial charge on any atom is -0.303 e. The van der Waals surface area contributed by atoms with Crippen LogP contribution < -0.4 is 0 Å². The molecule has 0 bridgehead atoms. The Morgan fingerprint density at radius 1 is 1.82 bits per heavy atom. The molecule has 0 radical (unpaired) electrons. The third-order valence-corrected chi connectivity index (χ3v) is 1.71. The van der Waals surface area contributed by atoms with Gasteiger partial charge in [-0.05, 0) is 12.5 Å². The summed E-state index contributed by atoms with van der Waals surface area (Å²) in [5.41, 5.74) is 0.988. The van der Waals surface area contributed by atoms with Gasteiger partial charge in [0.25, 0.3) is 0 Å². The van der Waals surface area contributed by atoms with Gasteiger partial charge >= 0.3 is 0 Å². The molecule has 0 aromatic carbocycles. The molecule has 0 spiro atoms. The summed E-state index contributed by atoms with van der Waals surface area (Å²) in [6.45, 7) is 4.73. The van der Waals surface area contributed by atoms with E-state index in [0.29, 0.717) is 0 Å². The number of carbonyl (C=O) groups is 1. The van der Waals surface area contributed by atoms with Gasteiger partial charge in [0, 0.05) is 18.7 Å². The maximum atomic E-state index is 10.4. The standard InChI is InChI=1S/C8H12N2O/c1-3-10-5-8(4-9-10)7(2)6-11/h4-7H,3H2,1-2H3. The highest BCUT2D eigenvalue weighted by Crippen LogP contribution is 2.10. The van der Waals surface area contributed by atoms with Crippen LogP contribution in [0.5, 0.6) is 0 Å². The first-order valence-corrected chi connectivity index (χ1v) is 3.75. The molecular weight excluding hydrogens is 140 g/mol. The third-order valence-electron chi connectivity index (χ3n) is 1.71. The van der Waals surface area contributed by atoms with Crippen molar-refractivity contribution in [2.75, 3.05) is 0 Å². The second kappa shape index (κ2) is 3.32. The molecule has 1 unspecified atom stereocenters. The summed E-state index contributed by atoms with van der Waals surface area (Å²) in [7, 11) is 0. The number of carbonyl (C=O) groups excluding carboxylic acids is 1. The maximum absolute atomic E-state index is 10.4. The lowest BCUT2D eigenvalue weighted by atomic mass is 10.1. The number of aryl methyl sites for hydroxylation is 1. The number of hydrogen-bond donors (Lipinski definition) is 0. The van der Waals surface area contributed by atoms with Crippen molar-refractivity contribution in [2.24, 2.45) is 0 Å². The minimum absolute atomic E-state index is 0.0321. The molecule has 1 aromatic rings. The van der Waals surface area contributed by atoms with E-state index in [1.54, 1.807) is 6.20 Å². The average molecular weight is 152 g/mol. The summed E-state index contributed by atoms with van der Waals surface area (Å²) < 4.78 is 1.81. The van der Waals surface area contributed by atoms with Gasteiger partial charge in [-0.15, -0.1) is 0 Å². The topological polar surface area (TPSA) is 34.9 Å². The Balaban J connectivity index is 2.79. The first-order chi connectivity index (χ1) is 5.27. The van der Waals surface area contributed by atoms with Gasteiger partial charge in [0.05, 0.1) is 6.20 Å². The van der Waals surface area contributed by atoms with Crippen LogP contribution in [0.1, 0.15) is 25.3 Å². The molecule has 0 aliphatic heterocycles. The van der Waals surface area contributed by atoms with Crippen LogP contribution in [-0.4, -0.2) is 16.1 Å². The molecule has 0 fully saturated rings. The smallest absolute Gasteiger partial charge is 0.127 e. The largest absolute Gasteiger partial charge is 0.303 e. The Kier molecular flexibility index (Phi) is 2.41. The molecule has 11 heavy (non-hydrogen) atoms. The van der Waals surface area contributed by atoms with Crippen molar-refractivity contribution in [3.8, 4) is 0 Å².